The number of carbonyl (C=O) groups is 2. The zero-order chi connectivity index (χ0) is 16.1. The molecule has 1 amide bonds. The molecule has 2 atom stereocenters. The molecule has 0 aromatic carbocycles. The highest BCUT2D eigenvalue weighted by atomic mass is 32.2. The van der Waals surface area contributed by atoms with E-state index in [1.807, 2.05) is 0 Å². The molecule has 0 heterocycles. The zero-order valence-corrected chi connectivity index (χ0v) is 13.1. The number of aliphatic carboxylic acids is 1. The van der Waals surface area contributed by atoms with Gasteiger partial charge >= 0.3 is 5.97 Å². The summed E-state index contributed by atoms with van der Waals surface area (Å²) in [6, 6.07) is -1.14. The van der Waals surface area contributed by atoms with Crippen LogP contribution in [0.15, 0.2) is 0 Å². The summed E-state index contributed by atoms with van der Waals surface area (Å²) in [6.07, 6.45) is 0. The fourth-order valence-corrected chi connectivity index (χ4v) is 2.37. The van der Waals surface area contributed by atoms with Crippen LogP contribution in [0.2, 0.25) is 0 Å². The van der Waals surface area contributed by atoms with Crippen LogP contribution in [-0.2, 0) is 34.6 Å². The molecule has 124 valence electrons. The third kappa shape index (κ3) is 12.4. The summed E-state index contributed by atoms with van der Waals surface area (Å²) < 4.78 is 26.9. The number of amides is 1. The van der Waals surface area contributed by atoms with Crippen molar-refractivity contribution in [1.82, 2.24) is 5.32 Å². The number of nitrogens with one attached hydrogen (secondary N) is 1. The molecule has 9 heteroatoms. The molecule has 8 nitrogen and oxygen atoms in total. The predicted molar refractivity (Wildman–Crippen MR) is 76.6 cm³/mol. The van der Waals surface area contributed by atoms with Crippen molar-refractivity contribution in [3.8, 4) is 0 Å². The molecule has 0 aromatic heterocycles. The van der Waals surface area contributed by atoms with Gasteiger partial charge in [0.1, 0.15) is 6.04 Å². The molecule has 0 spiro atoms. The highest BCUT2D eigenvalue weighted by Crippen LogP contribution is 1.93. The molecule has 0 aliphatic carbocycles. The van der Waals surface area contributed by atoms with Gasteiger partial charge in [-0.1, -0.05) is 0 Å². The van der Waals surface area contributed by atoms with E-state index in [9.17, 15) is 13.8 Å². The first-order valence-corrected chi connectivity index (χ1v) is 7.95. The van der Waals surface area contributed by atoms with Crippen molar-refractivity contribution in [3.63, 3.8) is 0 Å². The Bertz CT molecular complexity index is 338. The quantitative estimate of drug-likeness (QED) is 0.418. The molecule has 0 radical (unpaired) electrons. The Balaban J connectivity index is 3.69. The van der Waals surface area contributed by atoms with Crippen molar-refractivity contribution in [2.24, 2.45) is 0 Å². The van der Waals surface area contributed by atoms with Crippen LogP contribution in [0.5, 0.6) is 0 Å². The Morgan fingerprint density at radius 3 is 2.24 bits per heavy atom. The Morgan fingerprint density at radius 1 is 1.14 bits per heavy atom. The predicted octanol–water partition coefficient (Wildman–Crippen LogP) is -0.996. The van der Waals surface area contributed by atoms with Crippen LogP contribution in [-0.4, -0.2) is 78.9 Å². The number of carboxylic acids is 1. The first-order valence-electron chi connectivity index (χ1n) is 6.46. The van der Waals surface area contributed by atoms with E-state index in [0.717, 1.165) is 0 Å². The molecule has 0 saturated carbocycles. The van der Waals surface area contributed by atoms with Crippen molar-refractivity contribution in [1.29, 1.82) is 0 Å². The van der Waals surface area contributed by atoms with E-state index in [0.29, 0.717) is 26.4 Å². The molecule has 0 bridgehead atoms. The van der Waals surface area contributed by atoms with Gasteiger partial charge in [0, 0.05) is 30.6 Å². The highest BCUT2D eigenvalue weighted by molar-refractivity contribution is 7.85. The second kappa shape index (κ2) is 12.7. The summed E-state index contributed by atoms with van der Waals surface area (Å²) in [4.78, 5) is 21.7. The second-order valence-corrected chi connectivity index (χ2v) is 5.74. The molecule has 1 unspecified atom stereocenters. The van der Waals surface area contributed by atoms with E-state index in [-0.39, 0.29) is 18.1 Å². The van der Waals surface area contributed by atoms with Crippen LogP contribution in [0.3, 0.4) is 0 Å². The summed E-state index contributed by atoms with van der Waals surface area (Å²) in [5.74, 6) is -1.60. The van der Waals surface area contributed by atoms with Crippen molar-refractivity contribution in [3.05, 3.63) is 0 Å². The summed E-state index contributed by atoms with van der Waals surface area (Å²) in [7, 11) is 0.205. The smallest absolute Gasteiger partial charge is 0.327 e. The summed E-state index contributed by atoms with van der Waals surface area (Å²) in [6.45, 7) is 3.25. The topological polar surface area (TPSA) is 111 Å². The molecular weight excluding hydrogens is 302 g/mol. The first-order chi connectivity index (χ1) is 9.97. The van der Waals surface area contributed by atoms with Crippen molar-refractivity contribution >= 4 is 22.7 Å². The highest BCUT2D eigenvalue weighted by Gasteiger charge is 2.20. The van der Waals surface area contributed by atoms with Gasteiger partial charge in [-0.2, -0.15) is 0 Å². The SMILES string of the molecule is COCCOCCOCCS(=O)C[C@H](NC(C)=O)C(=O)O. The average molecular weight is 325 g/mol. The van der Waals surface area contributed by atoms with Crippen LogP contribution >= 0.6 is 0 Å². The van der Waals surface area contributed by atoms with Crippen molar-refractivity contribution < 1.29 is 33.1 Å². The largest absolute Gasteiger partial charge is 0.480 e. The van der Waals surface area contributed by atoms with E-state index in [4.69, 9.17) is 19.3 Å². The lowest BCUT2D eigenvalue weighted by molar-refractivity contribution is -0.140. The number of carboxylic acid groups (broad SMARTS) is 1. The van der Waals surface area contributed by atoms with E-state index in [1.165, 1.54) is 6.92 Å². The lowest BCUT2D eigenvalue weighted by atomic mass is 10.3. The van der Waals surface area contributed by atoms with E-state index in [2.05, 4.69) is 5.32 Å². The minimum absolute atomic E-state index is 0.136. The van der Waals surface area contributed by atoms with Gasteiger partial charge in [-0.05, 0) is 0 Å². The number of hydrogen-bond donors (Lipinski definition) is 2. The Morgan fingerprint density at radius 2 is 1.71 bits per heavy atom. The number of ether oxygens (including phenoxy) is 3. The van der Waals surface area contributed by atoms with E-state index >= 15 is 0 Å². The third-order valence-corrected chi connectivity index (χ3v) is 3.61. The number of carbonyl (C=O) groups excluding carboxylic acids is 1. The Labute approximate surface area is 126 Å². The van der Waals surface area contributed by atoms with Gasteiger partial charge in [0.15, 0.2) is 0 Å². The van der Waals surface area contributed by atoms with Gasteiger partial charge in [0.2, 0.25) is 5.91 Å². The summed E-state index contributed by atoms with van der Waals surface area (Å²) in [5.41, 5.74) is 0. The van der Waals surface area contributed by atoms with Gasteiger partial charge in [0.05, 0.1) is 38.8 Å². The molecule has 0 saturated heterocycles. The maximum atomic E-state index is 11.7. The summed E-state index contributed by atoms with van der Waals surface area (Å²) in [5, 5.41) is 11.1. The Hall–Kier alpha value is -1.03. The lowest BCUT2D eigenvalue weighted by Crippen LogP contribution is -2.43. The molecule has 0 rings (SSSR count). The molecule has 0 aliphatic rings. The molecule has 2 N–H and O–H groups in total. The first kappa shape index (κ1) is 20.0. The minimum atomic E-state index is -1.38. The Kier molecular flexibility index (Phi) is 12.1. The van der Waals surface area contributed by atoms with Crippen LogP contribution in [0.4, 0.5) is 0 Å². The van der Waals surface area contributed by atoms with Crippen LogP contribution < -0.4 is 5.32 Å². The van der Waals surface area contributed by atoms with Gasteiger partial charge in [0.25, 0.3) is 0 Å². The van der Waals surface area contributed by atoms with E-state index < -0.39 is 28.7 Å². The van der Waals surface area contributed by atoms with Crippen LogP contribution in [0, 0.1) is 0 Å². The number of hydrogen-bond acceptors (Lipinski definition) is 6. The number of rotatable bonds is 13. The van der Waals surface area contributed by atoms with Crippen molar-refractivity contribution in [2.75, 3.05) is 51.6 Å². The maximum Gasteiger partial charge on any atom is 0.327 e. The third-order valence-electron chi connectivity index (χ3n) is 2.29. The molecule has 21 heavy (non-hydrogen) atoms. The van der Waals surface area contributed by atoms with Gasteiger partial charge < -0.3 is 24.6 Å². The second-order valence-electron chi connectivity index (χ2n) is 4.12. The fraction of sp³-hybridized carbons (Fsp3) is 0.833. The van der Waals surface area contributed by atoms with Gasteiger partial charge in [-0.15, -0.1) is 0 Å². The van der Waals surface area contributed by atoms with Crippen LogP contribution in [0.25, 0.3) is 0 Å². The zero-order valence-electron chi connectivity index (χ0n) is 12.3. The van der Waals surface area contributed by atoms with Crippen molar-refractivity contribution in [2.45, 2.75) is 13.0 Å². The molecular formula is C12H23NO7S. The molecule has 0 aromatic rings. The standard InChI is InChI=1S/C12H23NO7S/c1-10(14)13-11(12(15)16)9-21(17)8-7-20-6-5-19-4-3-18-2/h11H,3-9H2,1-2H3,(H,13,14)(H,15,16)/t11-,21?/m0/s1. The van der Waals surface area contributed by atoms with E-state index in [1.54, 1.807) is 7.11 Å². The molecule has 0 fully saturated rings. The lowest BCUT2D eigenvalue weighted by Gasteiger charge is -2.12. The normalized spacial score (nSPS) is 13.6. The monoisotopic (exact) mass is 325 g/mol. The van der Waals surface area contributed by atoms with Gasteiger partial charge in [-0.3, -0.25) is 9.00 Å². The maximum absolute atomic E-state index is 11.7. The van der Waals surface area contributed by atoms with Crippen LogP contribution in [0.1, 0.15) is 6.92 Å². The minimum Gasteiger partial charge on any atom is -0.480 e. The number of methoxy groups -OCH3 is 1. The fourth-order valence-electron chi connectivity index (χ4n) is 1.31. The average Bonchev–Trinajstić information content (AvgIpc) is 2.40. The van der Waals surface area contributed by atoms with Gasteiger partial charge in [-0.25, -0.2) is 4.79 Å². The molecule has 0 aliphatic heterocycles. The summed E-state index contributed by atoms with van der Waals surface area (Å²) >= 11 is 0.